The fraction of sp³-hybridized carbons (Fsp3) is 0.625. The molecule has 1 aromatic rings. The molecule has 18 heavy (non-hydrogen) atoms. The van der Waals surface area contributed by atoms with Gasteiger partial charge in [0.15, 0.2) is 0 Å². The Morgan fingerprint density at radius 3 is 2.61 bits per heavy atom. The summed E-state index contributed by atoms with van der Waals surface area (Å²) in [5.41, 5.74) is 2.85. The summed E-state index contributed by atoms with van der Waals surface area (Å²) in [6, 6.07) is 7.17. The summed E-state index contributed by atoms with van der Waals surface area (Å²) in [4.78, 5) is 0. The van der Waals surface area contributed by atoms with Crippen molar-refractivity contribution in [1.29, 1.82) is 0 Å². The fourth-order valence-corrected chi connectivity index (χ4v) is 3.66. The maximum Gasteiger partial charge on any atom is 0.0322 e. The van der Waals surface area contributed by atoms with Crippen LogP contribution in [0.1, 0.15) is 55.7 Å². The van der Waals surface area contributed by atoms with Gasteiger partial charge in [0.05, 0.1) is 0 Å². The highest BCUT2D eigenvalue weighted by molar-refractivity contribution is 9.10. The van der Waals surface area contributed by atoms with Crippen LogP contribution in [0.4, 0.5) is 0 Å². The smallest absolute Gasteiger partial charge is 0.0322 e. The Morgan fingerprint density at radius 1 is 1.28 bits per heavy atom. The zero-order valence-corrected chi connectivity index (χ0v) is 13.1. The molecule has 100 valence electrons. The zero-order chi connectivity index (χ0) is 13.0. The highest BCUT2D eigenvalue weighted by Gasteiger charge is 2.20. The summed E-state index contributed by atoms with van der Waals surface area (Å²) < 4.78 is 1.18. The molecule has 0 heterocycles. The molecule has 1 unspecified atom stereocenters. The summed E-state index contributed by atoms with van der Waals surface area (Å²) in [5, 5.41) is 3.51. The Labute approximate surface area is 119 Å². The third-order valence-electron chi connectivity index (χ3n) is 4.25. The molecule has 1 nitrogen and oxygen atoms in total. The van der Waals surface area contributed by atoms with Gasteiger partial charge in [-0.1, -0.05) is 54.1 Å². The summed E-state index contributed by atoms with van der Waals surface area (Å²) in [6.45, 7) is 2.21. The van der Waals surface area contributed by atoms with Crippen LogP contribution in [0.5, 0.6) is 0 Å². The van der Waals surface area contributed by atoms with E-state index in [1.165, 1.54) is 54.1 Å². The first-order valence-corrected chi connectivity index (χ1v) is 7.93. The van der Waals surface area contributed by atoms with Crippen LogP contribution >= 0.6 is 15.9 Å². The van der Waals surface area contributed by atoms with E-state index < -0.39 is 0 Å². The van der Waals surface area contributed by atoms with E-state index in [0.29, 0.717) is 6.04 Å². The molecule has 1 aromatic carbocycles. The van der Waals surface area contributed by atoms with Crippen LogP contribution in [0.25, 0.3) is 0 Å². The number of hydrogen-bond acceptors (Lipinski definition) is 1. The number of nitrogens with one attached hydrogen (secondary N) is 1. The van der Waals surface area contributed by atoms with Crippen molar-refractivity contribution in [2.45, 2.75) is 51.5 Å². The SMILES string of the molecule is CNC(CC1CCCCC1)c1ccc(Br)cc1C. The number of hydrogen-bond donors (Lipinski definition) is 1. The van der Waals surface area contributed by atoms with Crippen molar-refractivity contribution in [1.82, 2.24) is 5.32 Å². The van der Waals surface area contributed by atoms with Gasteiger partial charge in [0.1, 0.15) is 0 Å². The number of aryl methyl sites for hydroxylation is 1. The maximum atomic E-state index is 3.55. The summed E-state index contributed by atoms with van der Waals surface area (Å²) in [7, 11) is 2.09. The topological polar surface area (TPSA) is 12.0 Å². The lowest BCUT2D eigenvalue weighted by molar-refractivity contribution is 0.305. The van der Waals surface area contributed by atoms with Gasteiger partial charge in [0.25, 0.3) is 0 Å². The molecule has 0 aromatic heterocycles. The summed E-state index contributed by atoms with van der Waals surface area (Å²) in [6.07, 6.45) is 8.44. The van der Waals surface area contributed by atoms with Crippen LogP contribution in [0.3, 0.4) is 0 Å². The molecule has 0 aliphatic heterocycles. The van der Waals surface area contributed by atoms with Gasteiger partial charge in [-0.25, -0.2) is 0 Å². The molecule has 1 aliphatic carbocycles. The first-order chi connectivity index (χ1) is 8.70. The van der Waals surface area contributed by atoms with Gasteiger partial charge >= 0.3 is 0 Å². The van der Waals surface area contributed by atoms with Crippen molar-refractivity contribution in [2.24, 2.45) is 5.92 Å². The standard InChI is InChI=1S/C16H24BrN/c1-12-10-14(17)8-9-15(12)16(18-2)11-13-6-4-3-5-7-13/h8-10,13,16,18H,3-7,11H2,1-2H3. The number of halogens is 1. The van der Waals surface area contributed by atoms with Crippen molar-refractivity contribution in [2.75, 3.05) is 7.05 Å². The summed E-state index contributed by atoms with van der Waals surface area (Å²) >= 11 is 3.55. The second-order valence-electron chi connectivity index (χ2n) is 5.58. The molecule has 0 amide bonds. The summed E-state index contributed by atoms with van der Waals surface area (Å²) in [5.74, 6) is 0.916. The van der Waals surface area contributed by atoms with Crippen LogP contribution in [0.2, 0.25) is 0 Å². The van der Waals surface area contributed by atoms with Crippen molar-refractivity contribution in [3.8, 4) is 0 Å². The molecule has 1 N–H and O–H groups in total. The van der Waals surface area contributed by atoms with Gasteiger partial charge in [-0.15, -0.1) is 0 Å². The Bertz CT molecular complexity index is 383. The van der Waals surface area contributed by atoms with E-state index in [-0.39, 0.29) is 0 Å². The molecule has 2 heteroatoms. The molecular weight excluding hydrogens is 286 g/mol. The molecular formula is C16H24BrN. The first-order valence-electron chi connectivity index (χ1n) is 7.14. The van der Waals surface area contributed by atoms with E-state index in [0.717, 1.165) is 5.92 Å². The van der Waals surface area contributed by atoms with Gasteiger partial charge < -0.3 is 5.32 Å². The predicted molar refractivity (Wildman–Crippen MR) is 81.9 cm³/mol. The average Bonchev–Trinajstić information content (AvgIpc) is 2.38. The van der Waals surface area contributed by atoms with Gasteiger partial charge in [-0.05, 0) is 49.6 Å². The first kappa shape index (κ1) is 14.1. The van der Waals surface area contributed by atoms with Crippen LogP contribution < -0.4 is 5.32 Å². The molecule has 1 fully saturated rings. The Kier molecular flexibility index (Phi) is 5.25. The Balaban J connectivity index is 2.07. The lowest BCUT2D eigenvalue weighted by Gasteiger charge is -2.27. The van der Waals surface area contributed by atoms with Crippen LogP contribution in [-0.4, -0.2) is 7.05 Å². The highest BCUT2D eigenvalue weighted by Crippen LogP contribution is 2.33. The Morgan fingerprint density at radius 2 is 2.00 bits per heavy atom. The predicted octanol–water partition coefficient (Wildman–Crippen LogP) is 4.99. The molecule has 1 atom stereocenters. The van der Waals surface area contributed by atoms with Gasteiger partial charge in [-0.2, -0.15) is 0 Å². The van der Waals surface area contributed by atoms with E-state index >= 15 is 0 Å². The van der Waals surface area contributed by atoms with Crippen molar-refractivity contribution >= 4 is 15.9 Å². The third kappa shape index (κ3) is 3.58. The quantitative estimate of drug-likeness (QED) is 0.826. The average molecular weight is 310 g/mol. The number of benzene rings is 1. The monoisotopic (exact) mass is 309 g/mol. The minimum atomic E-state index is 0.515. The van der Waals surface area contributed by atoms with E-state index in [2.05, 4.69) is 53.4 Å². The largest absolute Gasteiger partial charge is 0.313 e. The normalized spacial score (nSPS) is 18.8. The fourth-order valence-electron chi connectivity index (χ4n) is 3.19. The second kappa shape index (κ2) is 6.72. The molecule has 0 bridgehead atoms. The molecule has 0 saturated heterocycles. The lowest BCUT2D eigenvalue weighted by atomic mass is 9.83. The molecule has 1 aliphatic rings. The minimum absolute atomic E-state index is 0.515. The zero-order valence-electron chi connectivity index (χ0n) is 11.5. The molecule has 1 saturated carbocycles. The minimum Gasteiger partial charge on any atom is -0.313 e. The van der Waals surface area contributed by atoms with Gasteiger partial charge in [-0.3, -0.25) is 0 Å². The molecule has 2 rings (SSSR count). The van der Waals surface area contributed by atoms with Gasteiger partial charge in [0.2, 0.25) is 0 Å². The van der Waals surface area contributed by atoms with Crippen molar-refractivity contribution < 1.29 is 0 Å². The van der Waals surface area contributed by atoms with Crippen LogP contribution in [-0.2, 0) is 0 Å². The second-order valence-corrected chi connectivity index (χ2v) is 6.50. The maximum absolute atomic E-state index is 3.55. The number of rotatable bonds is 4. The van der Waals surface area contributed by atoms with Crippen LogP contribution in [0, 0.1) is 12.8 Å². The lowest BCUT2D eigenvalue weighted by Crippen LogP contribution is -2.22. The highest BCUT2D eigenvalue weighted by atomic mass is 79.9. The molecule has 0 radical (unpaired) electrons. The Hall–Kier alpha value is -0.340. The van der Waals surface area contributed by atoms with E-state index in [4.69, 9.17) is 0 Å². The third-order valence-corrected chi connectivity index (χ3v) is 4.74. The van der Waals surface area contributed by atoms with Gasteiger partial charge in [0, 0.05) is 10.5 Å². The van der Waals surface area contributed by atoms with E-state index in [1.54, 1.807) is 0 Å². The van der Waals surface area contributed by atoms with E-state index in [1.807, 2.05) is 0 Å². The van der Waals surface area contributed by atoms with Crippen molar-refractivity contribution in [3.63, 3.8) is 0 Å². The molecule has 0 spiro atoms. The van der Waals surface area contributed by atoms with Crippen LogP contribution in [0.15, 0.2) is 22.7 Å². The van der Waals surface area contributed by atoms with E-state index in [9.17, 15) is 0 Å². The van der Waals surface area contributed by atoms with Crippen molar-refractivity contribution in [3.05, 3.63) is 33.8 Å².